The molecule has 6 heteroatoms. The number of nitrogens with zero attached hydrogens (tertiary/aromatic N) is 1. The van der Waals surface area contributed by atoms with Crippen LogP contribution in [-0.4, -0.2) is 23.9 Å². The molecule has 0 unspecified atom stereocenters. The summed E-state index contributed by atoms with van der Waals surface area (Å²) in [5, 5.41) is 13.2. The van der Waals surface area contributed by atoms with Crippen molar-refractivity contribution in [3.8, 4) is 11.5 Å². The van der Waals surface area contributed by atoms with E-state index in [2.05, 4.69) is 29.6 Å². The fraction of sp³-hybridized carbons (Fsp3) is 0.167. The van der Waals surface area contributed by atoms with E-state index in [1.54, 1.807) is 18.3 Å². The largest absolute Gasteiger partial charge is 0.490 e. The predicted octanol–water partition coefficient (Wildman–Crippen LogP) is 5.12. The van der Waals surface area contributed by atoms with Gasteiger partial charge in [0.05, 0.1) is 24.1 Å². The summed E-state index contributed by atoms with van der Waals surface area (Å²) in [7, 11) is 0. The topological polar surface area (TPSA) is 80.2 Å². The van der Waals surface area contributed by atoms with E-state index in [9.17, 15) is 4.79 Å². The molecule has 3 rings (SSSR count). The number of carboxylic acid groups (broad SMARTS) is 1. The molecule has 6 nitrogen and oxygen atoms in total. The summed E-state index contributed by atoms with van der Waals surface area (Å²) < 4.78 is 11.7. The van der Waals surface area contributed by atoms with E-state index in [-0.39, 0.29) is 5.56 Å². The SMILES string of the molecule is CCOc1cc(/C=N/Nc2cccc(C(=O)O)c2)ccc1OCc1ccc(C)cc1. The monoisotopic (exact) mass is 404 g/mol. The maximum absolute atomic E-state index is 11.0. The summed E-state index contributed by atoms with van der Waals surface area (Å²) in [6, 6.07) is 20.2. The molecule has 3 aromatic carbocycles. The van der Waals surface area contributed by atoms with E-state index in [0.29, 0.717) is 30.4 Å². The van der Waals surface area contributed by atoms with Gasteiger partial charge in [-0.3, -0.25) is 5.43 Å². The molecule has 0 amide bonds. The highest BCUT2D eigenvalue weighted by molar-refractivity contribution is 5.89. The quantitative estimate of drug-likeness (QED) is 0.382. The van der Waals surface area contributed by atoms with Crippen LogP contribution in [-0.2, 0) is 6.61 Å². The number of ether oxygens (including phenoxy) is 2. The van der Waals surface area contributed by atoms with Crippen LogP contribution in [0.15, 0.2) is 71.8 Å². The highest BCUT2D eigenvalue weighted by Crippen LogP contribution is 2.29. The lowest BCUT2D eigenvalue weighted by atomic mass is 10.2. The van der Waals surface area contributed by atoms with Crippen molar-refractivity contribution in [2.45, 2.75) is 20.5 Å². The van der Waals surface area contributed by atoms with E-state index in [0.717, 1.165) is 11.1 Å². The molecule has 0 spiro atoms. The Morgan fingerprint density at radius 2 is 1.83 bits per heavy atom. The van der Waals surface area contributed by atoms with Crippen LogP contribution < -0.4 is 14.9 Å². The van der Waals surface area contributed by atoms with E-state index < -0.39 is 5.97 Å². The van der Waals surface area contributed by atoms with Crippen LogP contribution >= 0.6 is 0 Å². The lowest BCUT2D eigenvalue weighted by molar-refractivity contribution is 0.0697. The van der Waals surface area contributed by atoms with Gasteiger partial charge in [0.2, 0.25) is 0 Å². The molecule has 0 heterocycles. The molecule has 0 fully saturated rings. The number of aryl methyl sites for hydroxylation is 1. The standard InChI is InChI=1S/C24H24N2O4/c1-3-29-23-13-19(15-25-26-21-6-4-5-20(14-21)24(27)28)11-12-22(23)30-16-18-9-7-17(2)8-10-18/h4-15,26H,3,16H2,1-2H3,(H,27,28)/b25-15+. The second kappa shape index (κ2) is 10.1. The normalized spacial score (nSPS) is 10.7. The number of anilines is 1. The number of hydrogen-bond donors (Lipinski definition) is 2. The molecule has 0 radical (unpaired) electrons. The van der Waals surface area contributed by atoms with Gasteiger partial charge in [-0.05, 0) is 61.4 Å². The maximum Gasteiger partial charge on any atom is 0.335 e. The van der Waals surface area contributed by atoms with Crippen LogP contribution in [0.1, 0.15) is 34.0 Å². The van der Waals surface area contributed by atoms with Gasteiger partial charge in [0, 0.05) is 0 Å². The van der Waals surface area contributed by atoms with Crippen molar-refractivity contribution in [1.82, 2.24) is 0 Å². The molecule has 3 aromatic rings. The molecule has 0 saturated heterocycles. The van der Waals surface area contributed by atoms with Crippen LogP contribution in [0.3, 0.4) is 0 Å². The minimum atomic E-state index is -0.981. The van der Waals surface area contributed by atoms with Crippen molar-refractivity contribution in [3.63, 3.8) is 0 Å². The van der Waals surface area contributed by atoms with Gasteiger partial charge in [0.1, 0.15) is 6.61 Å². The molecule has 0 aliphatic carbocycles. The third kappa shape index (κ3) is 5.85. The first-order valence-electron chi connectivity index (χ1n) is 9.63. The van der Waals surface area contributed by atoms with Gasteiger partial charge in [0.25, 0.3) is 0 Å². The second-order valence-electron chi connectivity index (χ2n) is 6.67. The Morgan fingerprint density at radius 1 is 1.03 bits per heavy atom. The van der Waals surface area contributed by atoms with Crippen LogP contribution in [0, 0.1) is 6.92 Å². The Labute approximate surface area is 175 Å². The molecular formula is C24H24N2O4. The van der Waals surface area contributed by atoms with Gasteiger partial charge in [-0.1, -0.05) is 35.9 Å². The molecule has 0 atom stereocenters. The molecule has 154 valence electrons. The Balaban J connectivity index is 1.67. The fourth-order valence-corrected chi connectivity index (χ4v) is 2.74. The van der Waals surface area contributed by atoms with Crippen molar-refractivity contribution < 1.29 is 19.4 Å². The summed E-state index contributed by atoms with van der Waals surface area (Å²) in [4.78, 5) is 11.0. The second-order valence-corrected chi connectivity index (χ2v) is 6.67. The predicted molar refractivity (Wildman–Crippen MR) is 118 cm³/mol. The van der Waals surface area contributed by atoms with Gasteiger partial charge in [0.15, 0.2) is 11.5 Å². The summed E-state index contributed by atoms with van der Waals surface area (Å²) in [5.74, 6) is 0.323. The minimum Gasteiger partial charge on any atom is -0.490 e. The van der Waals surface area contributed by atoms with Gasteiger partial charge >= 0.3 is 5.97 Å². The molecule has 2 N–H and O–H groups in total. The number of carbonyl (C=O) groups is 1. The van der Waals surface area contributed by atoms with Crippen molar-refractivity contribution in [3.05, 3.63) is 89.0 Å². The van der Waals surface area contributed by atoms with Crippen LogP contribution in [0.4, 0.5) is 5.69 Å². The molecule has 0 aromatic heterocycles. The first-order chi connectivity index (χ1) is 14.5. The molecule has 30 heavy (non-hydrogen) atoms. The van der Waals surface area contributed by atoms with Crippen molar-refractivity contribution >= 4 is 17.9 Å². The third-order valence-electron chi connectivity index (χ3n) is 4.30. The van der Waals surface area contributed by atoms with E-state index in [1.165, 1.54) is 17.7 Å². The lowest BCUT2D eigenvalue weighted by Gasteiger charge is -2.13. The number of nitrogens with one attached hydrogen (secondary N) is 1. The zero-order chi connectivity index (χ0) is 21.3. The zero-order valence-electron chi connectivity index (χ0n) is 17.0. The molecule has 0 aliphatic heterocycles. The highest BCUT2D eigenvalue weighted by Gasteiger charge is 2.07. The van der Waals surface area contributed by atoms with Crippen LogP contribution in [0.5, 0.6) is 11.5 Å². The highest BCUT2D eigenvalue weighted by atomic mass is 16.5. The number of benzene rings is 3. The van der Waals surface area contributed by atoms with Crippen molar-refractivity contribution in [1.29, 1.82) is 0 Å². The molecular weight excluding hydrogens is 380 g/mol. The molecule has 0 bridgehead atoms. The summed E-state index contributed by atoms with van der Waals surface area (Å²) in [5.41, 5.74) is 6.75. The van der Waals surface area contributed by atoms with E-state index >= 15 is 0 Å². The number of rotatable bonds is 9. The smallest absolute Gasteiger partial charge is 0.335 e. The Bertz CT molecular complexity index is 1030. The lowest BCUT2D eigenvalue weighted by Crippen LogP contribution is -2.01. The maximum atomic E-state index is 11.0. The number of aromatic carboxylic acids is 1. The average Bonchev–Trinajstić information content (AvgIpc) is 2.75. The summed E-state index contributed by atoms with van der Waals surface area (Å²) in [6.07, 6.45) is 1.64. The van der Waals surface area contributed by atoms with Gasteiger partial charge in [-0.25, -0.2) is 4.79 Å². The van der Waals surface area contributed by atoms with Gasteiger partial charge in [-0.2, -0.15) is 5.10 Å². The van der Waals surface area contributed by atoms with Crippen LogP contribution in [0.2, 0.25) is 0 Å². The van der Waals surface area contributed by atoms with Gasteiger partial charge in [-0.15, -0.1) is 0 Å². The Kier molecular flexibility index (Phi) is 7.05. The van der Waals surface area contributed by atoms with Crippen molar-refractivity contribution in [2.24, 2.45) is 5.10 Å². The minimum absolute atomic E-state index is 0.198. The Hall–Kier alpha value is -3.80. The summed E-state index contributed by atoms with van der Waals surface area (Å²) >= 11 is 0. The number of carboxylic acids is 1. The Morgan fingerprint density at radius 3 is 2.57 bits per heavy atom. The first kappa shape index (κ1) is 20.9. The van der Waals surface area contributed by atoms with Gasteiger partial charge < -0.3 is 14.6 Å². The van der Waals surface area contributed by atoms with Crippen LogP contribution in [0.25, 0.3) is 0 Å². The zero-order valence-corrected chi connectivity index (χ0v) is 17.0. The summed E-state index contributed by atoms with van der Waals surface area (Å²) in [6.45, 7) is 4.94. The number of hydrazone groups is 1. The third-order valence-corrected chi connectivity index (χ3v) is 4.30. The van der Waals surface area contributed by atoms with E-state index in [4.69, 9.17) is 14.6 Å². The molecule has 0 saturated carbocycles. The fourth-order valence-electron chi connectivity index (χ4n) is 2.74. The molecule has 0 aliphatic rings. The van der Waals surface area contributed by atoms with E-state index in [1.807, 2.05) is 37.3 Å². The van der Waals surface area contributed by atoms with Crippen molar-refractivity contribution in [2.75, 3.05) is 12.0 Å². The average molecular weight is 404 g/mol. The first-order valence-corrected chi connectivity index (χ1v) is 9.63. The number of hydrogen-bond acceptors (Lipinski definition) is 5.